The Labute approximate surface area is 343 Å². The third-order valence-corrected chi connectivity index (χ3v) is 13.9. The summed E-state index contributed by atoms with van der Waals surface area (Å²) in [6.07, 6.45) is 0. The van der Waals surface area contributed by atoms with Gasteiger partial charge in [0, 0.05) is 27.6 Å². The quantitative estimate of drug-likeness (QED) is 0.174. The van der Waals surface area contributed by atoms with Crippen molar-refractivity contribution in [3.8, 4) is 44.5 Å². The van der Waals surface area contributed by atoms with Crippen LogP contribution in [0.1, 0.15) is 86.1 Å². The Morgan fingerprint density at radius 1 is 0.310 bits per heavy atom. The summed E-state index contributed by atoms with van der Waals surface area (Å²) in [4.78, 5) is 2.61. The Morgan fingerprint density at radius 2 is 0.672 bits per heavy atom. The van der Waals surface area contributed by atoms with E-state index < -0.39 is 5.41 Å². The fraction of sp³-hybridized carbons (Fsp3) is 0.158. The van der Waals surface area contributed by atoms with Gasteiger partial charge in [0.2, 0.25) is 0 Å². The Bertz CT molecular complexity index is 2950. The van der Waals surface area contributed by atoms with E-state index in [4.69, 9.17) is 0 Å². The van der Waals surface area contributed by atoms with Gasteiger partial charge >= 0.3 is 0 Å². The number of hydrogen-bond acceptors (Lipinski definition) is 1. The fourth-order valence-electron chi connectivity index (χ4n) is 11.5. The van der Waals surface area contributed by atoms with Gasteiger partial charge < -0.3 is 4.90 Å². The number of benzene rings is 8. The molecule has 0 N–H and O–H groups in total. The van der Waals surface area contributed by atoms with Crippen molar-refractivity contribution < 1.29 is 0 Å². The van der Waals surface area contributed by atoms with Gasteiger partial charge in [-0.25, -0.2) is 0 Å². The van der Waals surface area contributed by atoms with Crippen molar-refractivity contribution in [2.24, 2.45) is 0 Å². The molecule has 8 aromatic carbocycles. The smallest absolute Gasteiger partial charge is 0.0726 e. The maximum absolute atomic E-state index is 2.61. The average molecular weight is 746 g/mol. The molecule has 0 radical (unpaired) electrons. The van der Waals surface area contributed by atoms with Gasteiger partial charge in [-0.1, -0.05) is 193 Å². The van der Waals surface area contributed by atoms with Gasteiger partial charge in [0.05, 0.1) is 16.8 Å². The molecule has 1 nitrogen and oxygen atoms in total. The molecule has 0 aromatic heterocycles. The minimum Gasteiger partial charge on any atom is -0.309 e. The monoisotopic (exact) mass is 745 g/mol. The molecular weight excluding hydrogens is 699 g/mol. The molecule has 0 bridgehead atoms. The van der Waals surface area contributed by atoms with Gasteiger partial charge in [-0.05, 0) is 102 Å². The molecule has 58 heavy (non-hydrogen) atoms. The third-order valence-electron chi connectivity index (χ3n) is 13.9. The molecule has 4 aliphatic carbocycles. The molecule has 0 saturated carbocycles. The van der Waals surface area contributed by atoms with Gasteiger partial charge in [-0.3, -0.25) is 0 Å². The maximum atomic E-state index is 2.61. The van der Waals surface area contributed by atoms with E-state index in [0.29, 0.717) is 0 Å². The highest BCUT2D eigenvalue weighted by molar-refractivity contribution is 6.04. The largest absolute Gasteiger partial charge is 0.309 e. The summed E-state index contributed by atoms with van der Waals surface area (Å²) in [6.45, 7) is 13.5. The second kappa shape index (κ2) is 12.3. The van der Waals surface area contributed by atoms with Crippen LogP contribution in [0, 0.1) is 0 Å². The number of nitrogens with zero attached hydrogens (tertiary/aromatic N) is 1. The van der Waals surface area contributed by atoms with Gasteiger partial charge in [0.15, 0.2) is 0 Å². The van der Waals surface area contributed by atoms with E-state index in [0.717, 1.165) is 0 Å². The van der Waals surface area contributed by atoms with E-state index in [2.05, 4.69) is 209 Å². The first-order chi connectivity index (χ1) is 28.3. The molecule has 12 rings (SSSR count). The van der Waals surface area contributed by atoms with Crippen LogP contribution < -0.4 is 4.90 Å². The summed E-state index contributed by atoms with van der Waals surface area (Å²) >= 11 is 0. The summed E-state index contributed by atoms with van der Waals surface area (Å²) in [7, 11) is 0. The van der Waals surface area contributed by atoms with Crippen molar-refractivity contribution in [3.63, 3.8) is 0 Å². The van der Waals surface area contributed by atoms with Gasteiger partial charge in [-0.15, -0.1) is 0 Å². The standard InChI is InChI=1S/C55H41N.C2H6/c1-53(2)42-23-11-8-20-39(42)51-46(53)27-15-29-49(51)56(34-31-32-38-35-17-5-10-22-41(35)54(3,4)48(38)33-34)50-30-16-28-47-52(50)40-21-9-14-26-45(40)55(47)43-24-12-6-18-36(43)37-19-7-13-25-44(37)55;1-2/h5-33H,1-4H3;1-2H3. The Balaban J connectivity index is 0.00000190. The molecule has 8 aromatic rings. The van der Waals surface area contributed by atoms with E-state index >= 15 is 0 Å². The molecule has 1 spiro atoms. The van der Waals surface area contributed by atoms with E-state index in [1.807, 2.05) is 13.8 Å². The van der Waals surface area contributed by atoms with Crippen LogP contribution in [-0.4, -0.2) is 0 Å². The lowest BCUT2D eigenvalue weighted by Crippen LogP contribution is -2.26. The van der Waals surface area contributed by atoms with Gasteiger partial charge in [0.1, 0.15) is 0 Å². The predicted octanol–water partition coefficient (Wildman–Crippen LogP) is 15.1. The lowest BCUT2D eigenvalue weighted by atomic mass is 9.70. The van der Waals surface area contributed by atoms with E-state index in [1.54, 1.807) is 0 Å². The lowest BCUT2D eigenvalue weighted by Gasteiger charge is -2.33. The van der Waals surface area contributed by atoms with Crippen LogP contribution in [-0.2, 0) is 16.2 Å². The molecule has 0 saturated heterocycles. The minimum absolute atomic E-state index is 0.123. The SMILES string of the molecule is CC.CC1(C)c2ccccc2-c2ccc(N(c3cccc4c3-c3ccccc3C4(C)C)c3cccc4c3-c3ccccc3C43c4ccccc4-c4ccccc43)cc21. The summed E-state index contributed by atoms with van der Waals surface area (Å²) in [5.74, 6) is 0. The van der Waals surface area contributed by atoms with Crippen LogP contribution >= 0.6 is 0 Å². The zero-order valence-electron chi connectivity index (χ0n) is 34.2. The first-order valence-corrected chi connectivity index (χ1v) is 21.0. The van der Waals surface area contributed by atoms with Crippen LogP contribution in [0.15, 0.2) is 176 Å². The highest BCUT2D eigenvalue weighted by Crippen LogP contribution is 2.65. The zero-order valence-corrected chi connectivity index (χ0v) is 34.2. The van der Waals surface area contributed by atoms with Crippen LogP contribution in [0.2, 0.25) is 0 Å². The Morgan fingerprint density at radius 3 is 1.24 bits per heavy atom. The van der Waals surface area contributed by atoms with E-state index in [9.17, 15) is 0 Å². The number of fused-ring (bicyclic) bond motifs is 16. The maximum Gasteiger partial charge on any atom is 0.0726 e. The lowest BCUT2D eigenvalue weighted by molar-refractivity contribution is 0.660. The zero-order chi connectivity index (χ0) is 39.6. The van der Waals surface area contributed by atoms with Crippen molar-refractivity contribution in [3.05, 3.63) is 220 Å². The van der Waals surface area contributed by atoms with Crippen molar-refractivity contribution >= 4 is 17.1 Å². The molecule has 0 atom stereocenters. The van der Waals surface area contributed by atoms with Crippen LogP contribution in [0.5, 0.6) is 0 Å². The minimum atomic E-state index is -0.421. The number of anilines is 3. The number of rotatable bonds is 3. The molecular formula is C57H47N. The van der Waals surface area contributed by atoms with E-state index in [1.165, 1.54) is 106 Å². The fourth-order valence-corrected chi connectivity index (χ4v) is 11.5. The first-order valence-electron chi connectivity index (χ1n) is 21.0. The van der Waals surface area contributed by atoms with Crippen molar-refractivity contribution in [1.82, 2.24) is 0 Å². The van der Waals surface area contributed by atoms with Crippen LogP contribution in [0.4, 0.5) is 17.1 Å². The molecule has 4 aliphatic rings. The molecule has 0 fully saturated rings. The summed E-state index contributed by atoms with van der Waals surface area (Å²) < 4.78 is 0. The summed E-state index contributed by atoms with van der Waals surface area (Å²) in [5, 5.41) is 0. The van der Waals surface area contributed by atoms with Gasteiger partial charge in [-0.2, -0.15) is 0 Å². The van der Waals surface area contributed by atoms with Crippen molar-refractivity contribution in [2.75, 3.05) is 4.90 Å². The van der Waals surface area contributed by atoms with E-state index in [-0.39, 0.29) is 10.8 Å². The molecule has 0 aliphatic heterocycles. The third kappa shape index (κ3) is 4.26. The highest BCUT2D eigenvalue weighted by atomic mass is 15.1. The van der Waals surface area contributed by atoms with Gasteiger partial charge in [0.25, 0.3) is 0 Å². The average Bonchev–Trinajstić information content (AvgIpc) is 3.91. The predicted molar refractivity (Wildman–Crippen MR) is 244 cm³/mol. The molecule has 0 unspecified atom stereocenters. The second-order valence-corrected chi connectivity index (χ2v) is 17.2. The number of hydrogen-bond donors (Lipinski definition) is 0. The summed E-state index contributed by atoms with van der Waals surface area (Å²) in [5.41, 5.74) is 24.5. The topological polar surface area (TPSA) is 3.24 Å². The Hall–Kier alpha value is -6.44. The highest BCUT2D eigenvalue weighted by Gasteiger charge is 2.52. The Kier molecular flexibility index (Phi) is 7.36. The molecule has 1 heteroatoms. The molecule has 0 amide bonds. The first kappa shape index (κ1) is 34.8. The molecule has 280 valence electrons. The van der Waals surface area contributed by atoms with Crippen LogP contribution in [0.25, 0.3) is 44.5 Å². The van der Waals surface area contributed by atoms with Crippen molar-refractivity contribution in [2.45, 2.75) is 57.8 Å². The van der Waals surface area contributed by atoms with Crippen molar-refractivity contribution in [1.29, 1.82) is 0 Å². The second-order valence-electron chi connectivity index (χ2n) is 17.2. The van der Waals surface area contributed by atoms with Crippen LogP contribution in [0.3, 0.4) is 0 Å². The molecule has 0 heterocycles. The summed E-state index contributed by atoms with van der Waals surface area (Å²) in [6, 6.07) is 66.8. The normalized spacial score (nSPS) is 15.5.